The Morgan fingerprint density at radius 1 is 1.10 bits per heavy atom. The van der Waals surface area contributed by atoms with Crippen LogP contribution in [0, 0.1) is 11.8 Å². The van der Waals surface area contributed by atoms with E-state index in [2.05, 4.69) is 49.9 Å². The molecule has 3 heteroatoms. The van der Waals surface area contributed by atoms with Crippen LogP contribution in [0.3, 0.4) is 0 Å². The Morgan fingerprint density at radius 3 is 2.24 bits per heavy atom. The van der Waals surface area contributed by atoms with E-state index in [1.807, 2.05) is 0 Å². The summed E-state index contributed by atoms with van der Waals surface area (Å²) in [6.45, 7) is 14.3. The van der Waals surface area contributed by atoms with Crippen molar-refractivity contribution >= 4 is 0 Å². The van der Waals surface area contributed by atoms with Crippen LogP contribution >= 0.6 is 0 Å². The van der Waals surface area contributed by atoms with Crippen molar-refractivity contribution in [3.8, 4) is 0 Å². The van der Waals surface area contributed by atoms with Crippen molar-refractivity contribution in [2.75, 3.05) is 33.2 Å². The Balaban J connectivity index is 1.76. The molecule has 2 bridgehead atoms. The summed E-state index contributed by atoms with van der Waals surface area (Å²) < 4.78 is 0. The van der Waals surface area contributed by atoms with Gasteiger partial charge in [-0.25, -0.2) is 0 Å². The first-order chi connectivity index (χ1) is 9.99. The molecule has 0 aromatic carbocycles. The summed E-state index contributed by atoms with van der Waals surface area (Å²) >= 11 is 0. The second kappa shape index (κ2) is 7.94. The highest BCUT2D eigenvalue weighted by molar-refractivity contribution is 4.95. The maximum Gasteiger partial charge on any atom is 0.0148 e. The lowest BCUT2D eigenvalue weighted by atomic mass is 9.73. The van der Waals surface area contributed by atoms with E-state index in [-0.39, 0.29) is 0 Å². The molecular weight excluding hydrogens is 258 g/mol. The lowest BCUT2D eigenvalue weighted by molar-refractivity contribution is 0.0294. The third-order valence-corrected chi connectivity index (χ3v) is 5.78. The highest BCUT2D eigenvalue weighted by Crippen LogP contribution is 2.35. The fourth-order valence-electron chi connectivity index (χ4n) is 4.08. The second-order valence-electron chi connectivity index (χ2n) is 7.91. The van der Waals surface area contributed by atoms with Gasteiger partial charge in [0.15, 0.2) is 0 Å². The molecule has 1 aliphatic heterocycles. The molecule has 124 valence electrons. The van der Waals surface area contributed by atoms with Crippen molar-refractivity contribution in [1.82, 2.24) is 15.1 Å². The lowest BCUT2D eigenvalue weighted by Gasteiger charge is -2.49. The van der Waals surface area contributed by atoms with Crippen LogP contribution in [0.15, 0.2) is 0 Å². The summed E-state index contributed by atoms with van der Waals surface area (Å²) in [6, 6.07) is 2.17. The number of fused-ring (bicyclic) bond motifs is 2. The van der Waals surface area contributed by atoms with Crippen molar-refractivity contribution in [1.29, 1.82) is 0 Å². The van der Waals surface area contributed by atoms with Gasteiger partial charge in [0.05, 0.1) is 0 Å². The van der Waals surface area contributed by atoms with Gasteiger partial charge in [-0.1, -0.05) is 6.42 Å². The zero-order chi connectivity index (χ0) is 15.4. The topological polar surface area (TPSA) is 18.5 Å². The molecule has 0 spiro atoms. The molecule has 2 aliphatic rings. The van der Waals surface area contributed by atoms with Gasteiger partial charge in [0.2, 0.25) is 0 Å². The van der Waals surface area contributed by atoms with Crippen LogP contribution in [0.5, 0.6) is 0 Å². The lowest BCUT2D eigenvalue weighted by Crippen LogP contribution is -2.58. The molecule has 2 atom stereocenters. The Labute approximate surface area is 132 Å². The molecule has 2 unspecified atom stereocenters. The van der Waals surface area contributed by atoms with Crippen molar-refractivity contribution in [2.24, 2.45) is 11.8 Å². The van der Waals surface area contributed by atoms with Gasteiger partial charge < -0.3 is 15.1 Å². The van der Waals surface area contributed by atoms with Gasteiger partial charge >= 0.3 is 0 Å². The molecule has 0 aromatic heterocycles. The van der Waals surface area contributed by atoms with Crippen LogP contribution in [0.4, 0.5) is 0 Å². The predicted octanol–water partition coefficient (Wildman–Crippen LogP) is 2.82. The van der Waals surface area contributed by atoms with E-state index < -0.39 is 0 Å². The maximum atomic E-state index is 3.92. The van der Waals surface area contributed by atoms with Crippen LogP contribution < -0.4 is 5.32 Å². The summed E-state index contributed by atoms with van der Waals surface area (Å²) in [5, 5.41) is 3.92. The van der Waals surface area contributed by atoms with E-state index in [1.54, 1.807) is 0 Å². The largest absolute Gasteiger partial charge is 0.313 e. The SMILES string of the molecule is CC(C)N(C)CCCNC1C2CCCC1CN(C(C)C)C2. The van der Waals surface area contributed by atoms with Gasteiger partial charge in [-0.2, -0.15) is 0 Å². The summed E-state index contributed by atoms with van der Waals surface area (Å²) in [5.41, 5.74) is 0. The first kappa shape index (κ1) is 17.2. The Morgan fingerprint density at radius 2 is 1.71 bits per heavy atom. The standard InChI is InChI=1S/C18H37N3/c1-14(2)20(5)11-7-10-19-18-16-8-6-9-17(18)13-21(12-16)15(3)4/h14-19H,6-13H2,1-5H3. The summed E-state index contributed by atoms with van der Waals surface area (Å²) in [7, 11) is 2.24. The summed E-state index contributed by atoms with van der Waals surface area (Å²) in [6.07, 6.45) is 5.60. The molecule has 1 heterocycles. The number of nitrogens with zero attached hydrogens (tertiary/aromatic N) is 2. The first-order valence-corrected chi connectivity index (χ1v) is 9.16. The van der Waals surface area contributed by atoms with Crippen molar-refractivity contribution in [2.45, 2.75) is 71.5 Å². The van der Waals surface area contributed by atoms with E-state index >= 15 is 0 Å². The molecule has 0 amide bonds. The summed E-state index contributed by atoms with van der Waals surface area (Å²) in [5.74, 6) is 1.78. The Bertz CT molecular complexity index is 289. The number of rotatable bonds is 7. The predicted molar refractivity (Wildman–Crippen MR) is 91.7 cm³/mol. The number of piperidine rings is 1. The van der Waals surface area contributed by atoms with Gasteiger partial charge in [-0.3, -0.25) is 0 Å². The minimum atomic E-state index is 0.665. The quantitative estimate of drug-likeness (QED) is 0.729. The van der Waals surface area contributed by atoms with Crippen molar-refractivity contribution in [3.05, 3.63) is 0 Å². The van der Waals surface area contributed by atoms with E-state index in [0.29, 0.717) is 12.1 Å². The van der Waals surface area contributed by atoms with Crippen LogP contribution in [0.25, 0.3) is 0 Å². The average molecular weight is 296 g/mol. The second-order valence-corrected chi connectivity index (χ2v) is 7.91. The van der Waals surface area contributed by atoms with Crippen LogP contribution in [-0.2, 0) is 0 Å². The van der Waals surface area contributed by atoms with Gasteiger partial charge in [0, 0.05) is 31.2 Å². The molecule has 0 radical (unpaired) electrons. The molecule has 0 aromatic rings. The molecule has 21 heavy (non-hydrogen) atoms. The Kier molecular flexibility index (Phi) is 6.51. The zero-order valence-corrected chi connectivity index (χ0v) is 14.9. The number of hydrogen-bond acceptors (Lipinski definition) is 3. The smallest absolute Gasteiger partial charge is 0.0148 e. The maximum absolute atomic E-state index is 3.92. The number of likely N-dealkylation sites (tertiary alicyclic amines) is 1. The van der Waals surface area contributed by atoms with E-state index in [9.17, 15) is 0 Å². The molecule has 2 rings (SSSR count). The molecule has 1 N–H and O–H groups in total. The van der Waals surface area contributed by atoms with Gasteiger partial charge in [0.1, 0.15) is 0 Å². The molecule has 2 fully saturated rings. The molecular formula is C18H37N3. The van der Waals surface area contributed by atoms with E-state index in [4.69, 9.17) is 0 Å². The van der Waals surface area contributed by atoms with Crippen molar-refractivity contribution < 1.29 is 0 Å². The van der Waals surface area contributed by atoms with Crippen molar-refractivity contribution in [3.63, 3.8) is 0 Å². The van der Waals surface area contributed by atoms with Gasteiger partial charge in [-0.15, -0.1) is 0 Å². The minimum Gasteiger partial charge on any atom is -0.313 e. The Hall–Kier alpha value is -0.120. The highest BCUT2D eigenvalue weighted by Gasteiger charge is 2.39. The molecule has 1 saturated heterocycles. The van der Waals surface area contributed by atoms with E-state index in [1.165, 1.54) is 51.9 Å². The first-order valence-electron chi connectivity index (χ1n) is 9.16. The third-order valence-electron chi connectivity index (χ3n) is 5.78. The molecule has 1 aliphatic carbocycles. The summed E-state index contributed by atoms with van der Waals surface area (Å²) in [4.78, 5) is 5.16. The average Bonchev–Trinajstić information content (AvgIpc) is 2.42. The monoisotopic (exact) mass is 295 g/mol. The molecule has 1 saturated carbocycles. The van der Waals surface area contributed by atoms with Crippen LogP contribution in [0.1, 0.15) is 53.4 Å². The highest BCUT2D eigenvalue weighted by atomic mass is 15.2. The zero-order valence-electron chi connectivity index (χ0n) is 14.9. The van der Waals surface area contributed by atoms with Gasteiger partial charge in [-0.05, 0) is 78.9 Å². The van der Waals surface area contributed by atoms with Gasteiger partial charge in [0.25, 0.3) is 0 Å². The fourth-order valence-corrected chi connectivity index (χ4v) is 4.08. The number of hydrogen-bond donors (Lipinski definition) is 1. The molecule has 3 nitrogen and oxygen atoms in total. The fraction of sp³-hybridized carbons (Fsp3) is 1.00. The van der Waals surface area contributed by atoms with E-state index in [0.717, 1.165) is 17.9 Å². The third kappa shape index (κ3) is 4.67. The minimum absolute atomic E-state index is 0.665. The van der Waals surface area contributed by atoms with Crippen LogP contribution in [-0.4, -0.2) is 61.2 Å². The number of nitrogens with one attached hydrogen (secondary N) is 1. The van der Waals surface area contributed by atoms with Crippen LogP contribution in [0.2, 0.25) is 0 Å². The normalized spacial score (nSPS) is 30.6.